The van der Waals surface area contributed by atoms with Crippen molar-refractivity contribution in [3.05, 3.63) is 29.3 Å². The van der Waals surface area contributed by atoms with E-state index in [0.29, 0.717) is 0 Å². The largest absolute Gasteiger partial charge is 0.487 e. The van der Waals surface area contributed by atoms with Crippen LogP contribution in [0, 0.1) is 23.3 Å². The highest BCUT2D eigenvalue weighted by atomic mass is 35.7. The predicted octanol–water partition coefficient (Wildman–Crippen LogP) is 2.97. The second kappa shape index (κ2) is 6.42. The van der Waals surface area contributed by atoms with E-state index in [1.807, 2.05) is 0 Å². The number of halogens is 5. The van der Waals surface area contributed by atoms with Crippen LogP contribution in [0.15, 0.2) is 6.07 Å². The molecule has 0 unspecified atom stereocenters. The van der Waals surface area contributed by atoms with Crippen LogP contribution in [-0.2, 0) is 9.05 Å². The van der Waals surface area contributed by atoms with Crippen molar-refractivity contribution in [1.29, 1.82) is 0 Å². The van der Waals surface area contributed by atoms with E-state index in [1.165, 1.54) is 0 Å². The molecule has 0 amide bonds. The zero-order chi connectivity index (χ0) is 14.6. The fourth-order valence-corrected chi connectivity index (χ4v) is 2.10. The monoisotopic (exact) mass is 320 g/mol. The van der Waals surface area contributed by atoms with E-state index < -0.39 is 38.1 Å². The standard InChI is InChI=1S/C10H9ClF4O3S/c11-19(16,17)4-2-1-3-18-10-8(14)6(12)5-7(13)9(10)15/h5H,1-4H2. The van der Waals surface area contributed by atoms with Crippen LogP contribution in [0.2, 0.25) is 0 Å². The maximum Gasteiger partial charge on any atom is 0.232 e. The van der Waals surface area contributed by atoms with Crippen LogP contribution in [0.25, 0.3) is 0 Å². The number of ether oxygens (including phenoxy) is 1. The first-order chi connectivity index (χ1) is 8.72. The molecular weight excluding hydrogens is 312 g/mol. The zero-order valence-corrected chi connectivity index (χ0v) is 11.0. The summed E-state index contributed by atoms with van der Waals surface area (Å²) in [5.41, 5.74) is 0. The van der Waals surface area contributed by atoms with Gasteiger partial charge in [0.25, 0.3) is 0 Å². The van der Waals surface area contributed by atoms with Crippen LogP contribution in [0.3, 0.4) is 0 Å². The van der Waals surface area contributed by atoms with Crippen LogP contribution < -0.4 is 4.74 Å². The average Bonchev–Trinajstić information content (AvgIpc) is 2.29. The molecule has 0 saturated heterocycles. The Hall–Kier alpha value is -1.02. The Kier molecular flexibility index (Phi) is 5.42. The molecule has 0 heterocycles. The van der Waals surface area contributed by atoms with Gasteiger partial charge in [0.2, 0.25) is 20.7 Å². The van der Waals surface area contributed by atoms with E-state index in [-0.39, 0.29) is 31.3 Å². The summed E-state index contributed by atoms with van der Waals surface area (Å²) in [6, 6.07) is 0.0671. The summed E-state index contributed by atoms with van der Waals surface area (Å²) in [5.74, 6) is -7.91. The van der Waals surface area contributed by atoms with Gasteiger partial charge in [-0.15, -0.1) is 0 Å². The lowest BCUT2D eigenvalue weighted by Crippen LogP contribution is -2.06. The van der Waals surface area contributed by atoms with E-state index in [0.717, 1.165) is 0 Å². The van der Waals surface area contributed by atoms with Gasteiger partial charge in [0.1, 0.15) is 0 Å². The lowest BCUT2D eigenvalue weighted by atomic mass is 10.3. The molecule has 0 aromatic heterocycles. The molecule has 0 spiro atoms. The molecule has 19 heavy (non-hydrogen) atoms. The van der Waals surface area contributed by atoms with Crippen molar-refractivity contribution in [2.75, 3.05) is 12.4 Å². The van der Waals surface area contributed by atoms with Gasteiger partial charge in [-0.1, -0.05) is 0 Å². The molecule has 1 aromatic carbocycles. The van der Waals surface area contributed by atoms with E-state index in [4.69, 9.17) is 10.7 Å². The van der Waals surface area contributed by atoms with Crippen LogP contribution in [0.4, 0.5) is 17.6 Å². The lowest BCUT2D eigenvalue weighted by Gasteiger charge is -2.09. The van der Waals surface area contributed by atoms with Crippen molar-refractivity contribution >= 4 is 19.7 Å². The maximum absolute atomic E-state index is 13.1. The number of hydrogen-bond acceptors (Lipinski definition) is 3. The third kappa shape index (κ3) is 4.87. The van der Waals surface area contributed by atoms with Crippen LogP contribution >= 0.6 is 10.7 Å². The minimum atomic E-state index is -3.65. The molecule has 0 fully saturated rings. The van der Waals surface area contributed by atoms with Gasteiger partial charge in [-0.2, -0.15) is 8.78 Å². The smallest absolute Gasteiger partial charge is 0.232 e. The molecule has 0 aliphatic carbocycles. The molecule has 0 aliphatic rings. The molecule has 0 N–H and O–H groups in total. The summed E-state index contributed by atoms with van der Waals surface area (Å²) >= 11 is 0. The minimum absolute atomic E-state index is 0.0671. The highest BCUT2D eigenvalue weighted by Crippen LogP contribution is 2.26. The van der Waals surface area contributed by atoms with Crippen molar-refractivity contribution in [3.8, 4) is 5.75 Å². The highest BCUT2D eigenvalue weighted by Gasteiger charge is 2.20. The van der Waals surface area contributed by atoms with Gasteiger partial charge >= 0.3 is 0 Å². The van der Waals surface area contributed by atoms with Gasteiger partial charge < -0.3 is 4.74 Å². The Morgan fingerprint density at radius 1 is 1.05 bits per heavy atom. The third-order valence-corrected chi connectivity index (χ3v) is 3.34. The molecule has 0 aliphatic heterocycles. The Morgan fingerprint density at radius 3 is 2.05 bits per heavy atom. The molecule has 1 aromatic rings. The summed E-state index contributed by atoms with van der Waals surface area (Å²) < 4.78 is 77.5. The fourth-order valence-electron chi connectivity index (χ4n) is 1.23. The first-order valence-corrected chi connectivity index (χ1v) is 7.58. The van der Waals surface area contributed by atoms with Gasteiger partial charge in [0.15, 0.2) is 17.4 Å². The van der Waals surface area contributed by atoms with Crippen molar-refractivity contribution in [2.45, 2.75) is 12.8 Å². The molecule has 0 saturated carbocycles. The zero-order valence-electron chi connectivity index (χ0n) is 9.43. The Labute approximate surface area is 111 Å². The van der Waals surface area contributed by atoms with Gasteiger partial charge in [-0.25, -0.2) is 17.2 Å². The quantitative estimate of drug-likeness (QED) is 0.350. The van der Waals surface area contributed by atoms with Crippen LogP contribution in [0.1, 0.15) is 12.8 Å². The number of rotatable bonds is 6. The van der Waals surface area contributed by atoms with E-state index >= 15 is 0 Å². The van der Waals surface area contributed by atoms with Crippen molar-refractivity contribution in [3.63, 3.8) is 0 Å². The molecular formula is C10H9ClF4O3S. The second-order valence-electron chi connectivity index (χ2n) is 3.60. The topological polar surface area (TPSA) is 43.4 Å². The van der Waals surface area contributed by atoms with Gasteiger partial charge in [0, 0.05) is 16.7 Å². The molecule has 3 nitrogen and oxygen atoms in total. The number of hydrogen-bond donors (Lipinski definition) is 0. The Bertz CT molecular complexity index is 536. The Balaban J connectivity index is 2.59. The van der Waals surface area contributed by atoms with E-state index in [9.17, 15) is 26.0 Å². The van der Waals surface area contributed by atoms with Gasteiger partial charge in [0.05, 0.1) is 12.4 Å². The minimum Gasteiger partial charge on any atom is -0.487 e. The number of unbranched alkanes of at least 4 members (excludes halogenated alkanes) is 1. The molecule has 0 atom stereocenters. The number of benzene rings is 1. The lowest BCUT2D eigenvalue weighted by molar-refractivity contribution is 0.266. The molecule has 9 heteroatoms. The van der Waals surface area contributed by atoms with Crippen LogP contribution in [0.5, 0.6) is 5.75 Å². The summed E-state index contributed by atoms with van der Waals surface area (Å²) in [5, 5.41) is 0. The predicted molar refractivity (Wildman–Crippen MR) is 60.6 cm³/mol. The normalized spacial score (nSPS) is 11.6. The second-order valence-corrected chi connectivity index (χ2v) is 6.49. The summed E-state index contributed by atoms with van der Waals surface area (Å²) in [4.78, 5) is 0. The van der Waals surface area contributed by atoms with E-state index in [2.05, 4.69) is 4.74 Å². The van der Waals surface area contributed by atoms with Gasteiger partial charge in [-0.05, 0) is 12.8 Å². The Morgan fingerprint density at radius 2 is 1.58 bits per heavy atom. The van der Waals surface area contributed by atoms with E-state index in [1.54, 1.807) is 0 Å². The fraction of sp³-hybridized carbons (Fsp3) is 0.400. The SMILES string of the molecule is O=S(=O)(Cl)CCCCOc1c(F)c(F)cc(F)c1F. The molecule has 108 valence electrons. The first-order valence-electron chi connectivity index (χ1n) is 5.10. The summed E-state index contributed by atoms with van der Waals surface area (Å²) in [7, 11) is 1.28. The molecule has 1 rings (SSSR count). The van der Waals surface area contributed by atoms with Crippen molar-refractivity contribution < 1.29 is 30.7 Å². The van der Waals surface area contributed by atoms with Crippen molar-refractivity contribution in [2.24, 2.45) is 0 Å². The van der Waals surface area contributed by atoms with Crippen molar-refractivity contribution in [1.82, 2.24) is 0 Å². The summed E-state index contributed by atoms with van der Waals surface area (Å²) in [6.45, 7) is -0.302. The average molecular weight is 321 g/mol. The van der Waals surface area contributed by atoms with Crippen LogP contribution in [-0.4, -0.2) is 20.8 Å². The molecule has 0 bridgehead atoms. The highest BCUT2D eigenvalue weighted by molar-refractivity contribution is 8.13. The first kappa shape index (κ1) is 16.0. The third-order valence-electron chi connectivity index (χ3n) is 2.10. The summed E-state index contributed by atoms with van der Waals surface area (Å²) in [6.07, 6.45) is 0.190. The maximum atomic E-state index is 13.1. The molecule has 0 radical (unpaired) electrons. The van der Waals surface area contributed by atoms with Gasteiger partial charge in [-0.3, -0.25) is 0 Å².